The van der Waals surface area contributed by atoms with Crippen LogP contribution >= 0.6 is 11.6 Å². The Kier molecular flexibility index (Phi) is 3.59. The van der Waals surface area contributed by atoms with E-state index in [1.165, 1.54) is 5.56 Å². The number of alkyl halides is 1. The molecular formula is C13H13ClN2O. The summed E-state index contributed by atoms with van der Waals surface area (Å²) in [5, 5.41) is 0. The maximum absolute atomic E-state index is 5.74. The molecule has 0 atom stereocenters. The second kappa shape index (κ2) is 5.15. The van der Waals surface area contributed by atoms with Gasteiger partial charge in [0.1, 0.15) is 5.75 Å². The molecular weight excluding hydrogens is 236 g/mol. The van der Waals surface area contributed by atoms with Crippen molar-refractivity contribution in [2.24, 2.45) is 0 Å². The lowest BCUT2D eigenvalue weighted by atomic mass is 10.2. The largest absolute Gasteiger partial charge is 0.424 e. The number of halogens is 1. The fraction of sp³-hybridized carbons (Fsp3) is 0.231. The normalized spacial score (nSPS) is 10.3. The van der Waals surface area contributed by atoms with Gasteiger partial charge in [-0.15, -0.1) is 11.6 Å². The van der Waals surface area contributed by atoms with Crippen molar-refractivity contribution in [3.8, 4) is 11.8 Å². The van der Waals surface area contributed by atoms with E-state index in [-0.39, 0.29) is 0 Å². The fourth-order valence-electron chi connectivity index (χ4n) is 1.36. The summed E-state index contributed by atoms with van der Waals surface area (Å²) in [6.45, 7) is 3.92. The smallest absolute Gasteiger partial charge is 0.322 e. The van der Waals surface area contributed by atoms with Crippen LogP contribution in [-0.4, -0.2) is 9.97 Å². The Labute approximate surface area is 105 Å². The van der Waals surface area contributed by atoms with Crippen LogP contribution in [0.15, 0.2) is 30.5 Å². The average molecular weight is 249 g/mol. The predicted octanol–water partition coefficient (Wildman–Crippen LogP) is 3.62. The van der Waals surface area contributed by atoms with Gasteiger partial charge in [0.15, 0.2) is 0 Å². The summed E-state index contributed by atoms with van der Waals surface area (Å²) in [5.74, 6) is 1.14. The molecule has 2 rings (SSSR count). The molecule has 0 N–H and O–H groups in total. The monoisotopic (exact) mass is 248 g/mol. The number of ether oxygens (including phenoxy) is 1. The minimum Gasteiger partial charge on any atom is -0.424 e. The van der Waals surface area contributed by atoms with Gasteiger partial charge in [-0.25, -0.2) is 4.98 Å². The molecule has 3 nitrogen and oxygen atoms in total. The third-order valence-electron chi connectivity index (χ3n) is 2.43. The quantitative estimate of drug-likeness (QED) is 0.778. The predicted molar refractivity (Wildman–Crippen MR) is 67.6 cm³/mol. The van der Waals surface area contributed by atoms with Crippen LogP contribution < -0.4 is 4.74 Å². The third-order valence-corrected chi connectivity index (χ3v) is 2.72. The van der Waals surface area contributed by atoms with Crippen LogP contribution in [0.3, 0.4) is 0 Å². The average Bonchev–Trinajstić information content (AvgIpc) is 2.32. The molecule has 0 bridgehead atoms. The number of aryl methyl sites for hydroxylation is 2. The van der Waals surface area contributed by atoms with E-state index < -0.39 is 0 Å². The molecule has 1 aromatic carbocycles. The fourth-order valence-corrected chi connectivity index (χ4v) is 1.63. The van der Waals surface area contributed by atoms with Crippen molar-refractivity contribution in [1.29, 1.82) is 0 Å². The zero-order chi connectivity index (χ0) is 12.3. The van der Waals surface area contributed by atoms with Crippen LogP contribution in [0.2, 0.25) is 0 Å². The van der Waals surface area contributed by atoms with Gasteiger partial charge in [-0.1, -0.05) is 17.7 Å². The zero-order valence-electron chi connectivity index (χ0n) is 9.77. The van der Waals surface area contributed by atoms with Crippen molar-refractivity contribution < 1.29 is 4.74 Å². The molecule has 2 aromatic rings. The van der Waals surface area contributed by atoms with Gasteiger partial charge in [0, 0.05) is 17.5 Å². The van der Waals surface area contributed by atoms with Crippen LogP contribution in [-0.2, 0) is 5.88 Å². The third kappa shape index (κ3) is 2.94. The van der Waals surface area contributed by atoms with E-state index in [9.17, 15) is 0 Å². The lowest BCUT2D eigenvalue weighted by Gasteiger charge is -2.06. The molecule has 0 amide bonds. The highest BCUT2D eigenvalue weighted by Gasteiger charge is 2.04. The summed E-state index contributed by atoms with van der Waals surface area (Å²) in [6, 6.07) is 8.10. The topological polar surface area (TPSA) is 35.0 Å². The SMILES string of the molecule is Cc1ccc(Oc2ncc(CCl)c(C)n2)cc1. The molecule has 0 spiro atoms. The molecule has 0 aliphatic rings. The zero-order valence-corrected chi connectivity index (χ0v) is 10.5. The van der Waals surface area contributed by atoms with Crippen LogP contribution in [0.5, 0.6) is 11.8 Å². The van der Waals surface area contributed by atoms with E-state index in [2.05, 4.69) is 9.97 Å². The molecule has 17 heavy (non-hydrogen) atoms. The molecule has 0 fully saturated rings. The Morgan fingerprint density at radius 2 is 1.88 bits per heavy atom. The standard InChI is InChI=1S/C13H13ClN2O/c1-9-3-5-12(6-4-9)17-13-15-8-11(7-14)10(2)16-13/h3-6,8H,7H2,1-2H3. The highest BCUT2D eigenvalue weighted by Crippen LogP contribution is 2.19. The van der Waals surface area contributed by atoms with E-state index in [1.54, 1.807) is 6.20 Å². The highest BCUT2D eigenvalue weighted by molar-refractivity contribution is 6.17. The summed E-state index contributed by atoms with van der Waals surface area (Å²) < 4.78 is 5.55. The first kappa shape index (κ1) is 11.9. The van der Waals surface area contributed by atoms with Gasteiger partial charge < -0.3 is 4.74 Å². The van der Waals surface area contributed by atoms with Crippen molar-refractivity contribution in [2.45, 2.75) is 19.7 Å². The van der Waals surface area contributed by atoms with Gasteiger partial charge in [-0.3, -0.25) is 0 Å². The highest BCUT2D eigenvalue weighted by atomic mass is 35.5. The summed E-state index contributed by atoms with van der Waals surface area (Å²) in [4.78, 5) is 8.35. The van der Waals surface area contributed by atoms with E-state index >= 15 is 0 Å². The second-order valence-electron chi connectivity index (χ2n) is 3.81. The van der Waals surface area contributed by atoms with Gasteiger partial charge in [0.25, 0.3) is 0 Å². The Balaban J connectivity index is 2.19. The van der Waals surface area contributed by atoms with Crippen LogP contribution in [0, 0.1) is 13.8 Å². The first-order valence-corrected chi connectivity index (χ1v) is 5.85. The summed E-state index contributed by atoms with van der Waals surface area (Å²) in [7, 11) is 0. The number of nitrogens with zero attached hydrogens (tertiary/aromatic N) is 2. The van der Waals surface area contributed by atoms with Crippen molar-refractivity contribution in [3.05, 3.63) is 47.3 Å². The van der Waals surface area contributed by atoms with Crippen LogP contribution in [0.4, 0.5) is 0 Å². The first-order chi connectivity index (χ1) is 8.19. The first-order valence-electron chi connectivity index (χ1n) is 5.32. The van der Waals surface area contributed by atoms with E-state index in [0.717, 1.165) is 17.0 Å². The van der Waals surface area contributed by atoms with Crippen molar-refractivity contribution in [2.75, 3.05) is 0 Å². The van der Waals surface area contributed by atoms with Crippen LogP contribution in [0.25, 0.3) is 0 Å². The van der Waals surface area contributed by atoms with Gasteiger partial charge in [0.05, 0.1) is 5.88 Å². The molecule has 0 aliphatic heterocycles. The summed E-state index contributed by atoms with van der Waals surface area (Å²) in [5.41, 5.74) is 2.95. The van der Waals surface area contributed by atoms with Crippen molar-refractivity contribution in [3.63, 3.8) is 0 Å². The number of hydrogen-bond acceptors (Lipinski definition) is 3. The number of rotatable bonds is 3. The van der Waals surface area contributed by atoms with Gasteiger partial charge in [-0.2, -0.15) is 4.98 Å². The number of aromatic nitrogens is 2. The maximum Gasteiger partial charge on any atom is 0.322 e. The molecule has 0 aliphatic carbocycles. The molecule has 4 heteroatoms. The van der Waals surface area contributed by atoms with Crippen LogP contribution in [0.1, 0.15) is 16.8 Å². The van der Waals surface area contributed by atoms with E-state index in [0.29, 0.717) is 11.9 Å². The Bertz CT molecular complexity index is 511. The molecule has 1 heterocycles. The Hall–Kier alpha value is -1.61. The Morgan fingerprint density at radius 3 is 2.47 bits per heavy atom. The molecule has 1 aromatic heterocycles. The minimum absolute atomic E-state index is 0.347. The van der Waals surface area contributed by atoms with E-state index in [1.807, 2.05) is 38.1 Å². The Morgan fingerprint density at radius 1 is 1.18 bits per heavy atom. The lowest BCUT2D eigenvalue weighted by Crippen LogP contribution is -1.97. The molecule has 0 radical (unpaired) electrons. The molecule has 0 saturated carbocycles. The second-order valence-corrected chi connectivity index (χ2v) is 4.08. The van der Waals surface area contributed by atoms with Gasteiger partial charge in [0.2, 0.25) is 0 Å². The molecule has 88 valence electrons. The maximum atomic E-state index is 5.74. The van der Waals surface area contributed by atoms with Crippen molar-refractivity contribution in [1.82, 2.24) is 9.97 Å². The van der Waals surface area contributed by atoms with Gasteiger partial charge in [-0.05, 0) is 26.0 Å². The molecule has 0 saturated heterocycles. The number of hydrogen-bond donors (Lipinski definition) is 0. The minimum atomic E-state index is 0.347. The van der Waals surface area contributed by atoms with E-state index in [4.69, 9.17) is 16.3 Å². The van der Waals surface area contributed by atoms with Gasteiger partial charge >= 0.3 is 6.01 Å². The summed E-state index contributed by atoms with van der Waals surface area (Å²) >= 11 is 5.74. The summed E-state index contributed by atoms with van der Waals surface area (Å²) in [6.07, 6.45) is 1.69. The van der Waals surface area contributed by atoms with Crippen molar-refractivity contribution >= 4 is 11.6 Å². The lowest BCUT2D eigenvalue weighted by molar-refractivity contribution is 0.439. The number of benzene rings is 1. The molecule has 0 unspecified atom stereocenters.